The number of carbonyl (C=O) groups excluding carboxylic acids is 1. The Morgan fingerprint density at radius 2 is 2.27 bits per heavy atom. The number of aliphatic hydroxyl groups excluding tert-OH is 1. The van der Waals surface area contributed by atoms with E-state index in [9.17, 15) is 4.79 Å². The fraction of sp³-hybridized carbons (Fsp3) is 0.300. The van der Waals surface area contributed by atoms with Crippen molar-refractivity contribution < 1.29 is 19.4 Å². The third-order valence-electron chi connectivity index (χ3n) is 1.71. The van der Waals surface area contributed by atoms with Crippen LogP contribution >= 0.6 is 11.6 Å². The monoisotopic (exact) mass is 230 g/mol. The molecule has 82 valence electrons. The predicted octanol–water partition coefficient (Wildman–Crippen LogP) is 1.50. The van der Waals surface area contributed by atoms with Crippen molar-refractivity contribution in [1.82, 2.24) is 0 Å². The lowest BCUT2D eigenvalue weighted by molar-refractivity contribution is 0.0433. The predicted molar refractivity (Wildman–Crippen MR) is 55.4 cm³/mol. The maximum atomic E-state index is 11.3. The van der Waals surface area contributed by atoms with E-state index in [0.717, 1.165) is 0 Å². The van der Waals surface area contributed by atoms with Crippen molar-refractivity contribution in [1.29, 1.82) is 0 Å². The molecule has 5 heteroatoms. The Bertz CT molecular complexity index is 351. The topological polar surface area (TPSA) is 55.8 Å². The number of halogens is 1. The second-order valence-electron chi connectivity index (χ2n) is 2.71. The quantitative estimate of drug-likeness (QED) is 0.797. The number of ether oxygens (including phenoxy) is 2. The first-order valence-electron chi connectivity index (χ1n) is 4.30. The Morgan fingerprint density at radius 3 is 2.80 bits per heavy atom. The van der Waals surface area contributed by atoms with Gasteiger partial charge in [0.25, 0.3) is 0 Å². The van der Waals surface area contributed by atoms with Crippen LogP contribution in [0.25, 0.3) is 0 Å². The highest BCUT2D eigenvalue weighted by Crippen LogP contribution is 2.25. The minimum absolute atomic E-state index is 0.0253. The molecule has 1 aromatic carbocycles. The molecule has 0 saturated carbocycles. The van der Waals surface area contributed by atoms with E-state index in [-0.39, 0.29) is 13.2 Å². The van der Waals surface area contributed by atoms with Crippen LogP contribution in [0.15, 0.2) is 18.2 Å². The lowest BCUT2D eigenvalue weighted by atomic mass is 10.2. The summed E-state index contributed by atoms with van der Waals surface area (Å²) >= 11 is 5.83. The molecule has 1 rings (SSSR count). The van der Waals surface area contributed by atoms with Crippen molar-refractivity contribution >= 4 is 17.6 Å². The van der Waals surface area contributed by atoms with Crippen molar-refractivity contribution in [3.63, 3.8) is 0 Å². The van der Waals surface area contributed by atoms with Gasteiger partial charge in [0, 0.05) is 0 Å². The van der Waals surface area contributed by atoms with Crippen LogP contribution in [0.1, 0.15) is 10.4 Å². The summed E-state index contributed by atoms with van der Waals surface area (Å²) in [6.45, 7) is -0.224. The molecule has 0 fully saturated rings. The summed E-state index contributed by atoms with van der Waals surface area (Å²) in [5.41, 5.74) is 0.328. The molecule has 0 aliphatic carbocycles. The maximum absolute atomic E-state index is 11.3. The fourth-order valence-corrected chi connectivity index (χ4v) is 1.27. The second-order valence-corrected chi connectivity index (χ2v) is 3.12. The lowest BCUT2D eigenvalue weighted by Gasteiger charge is -2.05. The largest absolute Gasteiger partial charge is 0.495 e. The number of benzene rings is 1. The fourth-order valence-electron chi connectivity index (χ4n) is 1.02. The number of carbonyl (C=O) groups is 1. The highest BCUT2D eigenvalue weighted by Gasteiger charge is 2.09. The van der Waals surface area contributed by atoms with Crippen molar-refractivity contribution in [3.05, 3.63) is 28.8 Å². The molecule has 0 amide bonds. The summed E-state index contributed by atoms with van der Waals surface area (Å²) in [6, 6.07) is 4.59. The molecule has 0 unspecified atom stereocenters. The van der Waals surface area contributed by atoms with Crippen LogP contribution in [0.5, 0.6) is 5.75 Å². The molecule has 1 N–H and O–H groups in total. The van der Waals surface area contributed by atoms with E-state index in [1.807, 2.05) is 0 Å². The molecule has 0 atom stereocenters. The van der Waals surface area contributed by atoms with E-state index in [1.165, 1.54) is 13.2 Å². The molecule has 0 spiro atoms. The zero-order chi connectivity index (χ0) is 11.3. The van der Waals surface area contributed by atoms with Gasteiger partial charge in [-0.3, -0.25) is 0 Å². The molecule has 4 nitrogen and oxygen atoms in total. The number of rotatable bonds is 4. The van der Waals surface area contributed by atoms with E-state index in [0.29, 0.717) is 16.3 Å². The zero-order valence-corrected chi connectivity index (χ0v) is 8.95. The van der Waals surface area contributed by atoms with Crippen LogP contribution in [-0.4, -0.2) is 31.4 Å². The van der Waals surface area contributed by atoms with Gasteiger partial charge in [-0.25, -0.2) is 4.79 Å². The minimum atomic E-state index is -0.520. The molecule has 0 radical (unpaired) electrons. The summed E-state index contributed by atoms with van der Waals surface area (Å²) in [6.07, 6.45) is 0. The number of hydrogen-bond acceptors (Lipinski definition) is 4. The number of methoxy groups -OCH3 is 1. The first-order valence-corrected chi connectivity index (χ1v) is 4.68. The Labute approximate surface area is 92.4 Å². The van der Waals surface area contributed by atoms with Gasteiger partial charge in [0.15, 0.2) is 0 Å². The van der Waals surface area contributed by atoms with E-state index < -0.39 is 5.97 Å². The summed E-state index contributed by atoms with van der Waals surface area (Å²) in [5, 5.41) is 8.82. The molecular weight excluding hydrogens is 220 g/mol. The SMILES string of the molecule is COc1ccc(C(=O)OCCO)cc1Cl. The third kappa shape index (κ3) is 3.11. The highest BCUT2D eigenvalue weighted by molar-refractivity contribution is 6.32. The van der Waals surface area contributed by atoms with Gasteiger partial charge < -0.3 is 14.6 Å². The molecular formula is C10H11ClO4. The Morgan fingerprint density at radius 1 is 1.53 bits per heavy atom. The average molecular weight is 231 g/mol. The number of esters is 1. The van der Waals surface area contributed by atoms with E-state index >= 15 is 0 Å². The molecule has 15 heavy (non-hydrogen) atoms. The summed E-state index contributed by atoms with van der Waals surface area (Å²) < 4.78 is 9.65. The van der Waals surface area contributed by atoms with Gasteiger partial charge in [-0.1, -0.05) is 11.6 Å². The molecule has 0 saturated heterocycles. The van der Waals surface area contributed by atoms with Gasteiger partial charge in [0.1, 0.15) is 12.4 Å². The summed E-state index contributed by atoms with van der Waals surface area (Å²) in [5.74, 6) is -0.0241. The van der Waals surface area contributed by atoms with Gasteiger partial charge >= 0.3 is 5.97 Å². The number of hydrogen-bond donors (Lipinski definition) is 1. The van der Waals surface area contributed by atoms with Crippen LogP contribution in [0.4, 0.5) is 0 Å². The van der Waals surface area contributed by atoms with Crippen molar-refractivity contribution in [2.75, 3.05) is 20.3 Å². The van der Waals surface area contributed by atoms with Crippen molar-refractivity contribution in [3.8, 4) is 5.75 Å². The highest BCUT2D eigenvalue weighted by atomic mass is 35.5. The van der Waals surface area contributed by atoms with Crippen molar-refractivity contribution in [2.45, 2.75) is 0 Å². The van der Waals surface area contributed by atoms with Crippen LogP contribution in [0.3, 0.4) is 0 Å². The normalized spacial score (nSPS) is 9.80. The van der Waals surface area contributed by atoms with E-state index in [4.69, 9.17) is 26.2 Å². The molecule has 0 aromatic heterocycles. The molecule has 0 aliphatic rings. The molecule has 0 heterocycles. The third-order valence-corrected chi connectivity index (χ3v) is 2.01. The Hall–Kier alpha value is -1.26. The lowest BCUT2D eigenvalue weighted by Crippen LogP contribution is -2.08. The zero-order valence-electron chi connectivity index (χ0n) is 8.20. The molecule has 0 aliphatic heterocycles. The number of aliphatic hydroxyl groups is 1. The first-order chi connectivity index (χ1) is 7.19. The van der Waals surface area contributed by atoms with Crippen LogP contribution < -0.4 is 4.74 Å². The van der Waals surface area contributed by atoms with Gasteiger partial charge in [-0.05, 0) is 18.2 Å². The molecule has 0 bridgehead atoms. The van der Waals surface area contributed by atoms with Gasteiger partial charge in [0.05, 0.1) is 24.3 Å². The van der Waals surface area contributed by atoms with Crippen LogP contribution in [-0.2, 0) is 4.74 Å². The Kier molecular flexibility index (Phi) is 4.39. The minimum Gasteiger partial charge on any atom is -0.495 e. The Balaban J connectivity index is 2.78. The standard InChI is InChI=1S/C10H11ClO4/c1-14-9-3-2-7(6-8(9)11)10(13)15-5-4-12/h2-3,6,12H,4-5H2,1H3. The second kappa shape index (κ2) is 5.58. The first kappa shape index (κ1) is 11.8. The maximum Gasteiger partial charge on any atom is 0.338 e. The van der Waals surface area contributed by atoms with Crippen molar-refractivity contribution in [2.24, 2.45) is 0 Å². The van der Waals surface area contributed by atoms with E-state index in [1.54, 1.807) is 12.1 Å². The van der Waals surface area contributed by atoms with Crippen LogP contribution in [0, 0.1) is 0 Å². The van der Waals surface area contributed by atoms with Crippen LogP contribution in [0.2, 0.25) is 5.02 Å². The van der Waals surface area contributed by atoms with E-state index in [2.05, 4.69) is 0 Å². The van der Waals surface area contributed by atoms with Gasteiger partial charge in [0.2, 0.25) is 0 Å². The van der Waals surface area contributed by atoms with Gasteiger partial charge in [-0.2, -0.15) is 0 Å². The smallest absolute Gasteiger partial charge is 0.338 e. The molecule has 1 aromatic rings. The van der Waals surface area contributed by atoms with Gasteiger partial charge in [-0.15, -0.1) is 0 Å². The summed E-state index contributed by atoms with van der Waals surface area (Å²) in [4.78, 5) is 11.3. The average Bonchev–Trinajstić information content (AvgIpc) is 2.25. The summed E-state index contributed by atoms with van der Waals surface area (Å²) in [7, 11) is 1.49.